The van der Waals surface area contributed by atoms with Crippen molar-refractivity contribution < 1.29 is 5.11 Å². The fourth-order valence-corrected chi connectivity index (χ4v) is 3.19. The molecule has 0 amide bonds. The van der Waals surface area contributed by atoms with Crippen molar-refractivity contribution in [2.75, 3.05) is 13.6 Å². The summed E-state index contributed by atoms with van der Waals surface area (Å²) in [7, 11) is 2.13. The molecule has 110 valence electrons. The third-order valence-corrected chi connectivity index (χ3v) is 4.79. The zero-order chi connectivity index (χ0) is 14.9. The van der Waals surface area contributed by atoms with E-state index < -0.39 is 5.60 Å². The number of aliphatic hydroxyl groups is 1. The van der Waals surface area contributed by atoms with Gasteiger partial charge in [0.05, 0.1) is 5.60 Å². The molecule has 2 heteroatoms. The van der Waals surface area contributed by atoms with Crippen LogP contribution >= 0.6 is 0 Å². The average molecular weight is 281 g/mol. The van der Waals surface area contributed by atoms with E-state index in [1.807, 2.05) is 6.07 Å². The first-order valence-corrected chi connectivity index (χ1v) is 7.67. The summed E-state index contributed by atoms with van der Waals surface area (Å²) in [5, 5.41) is 11.0. The predicted octanol–water partition coefficient (Wildman–Crippen LogP) is 3.66. The Bertz CT molecular complexity index is 593. The van der Waals surface area contributed by atoms with E-state index in [-0.39, 0.29) is 0 Å². The van der Waals surface area contributed by atoms with Crippen LogP contribution < -0.4 is 0 Å². The normalized spacial score (nSPS) is 26.7. The average Bonchev–Trinajstić information content (AvgIpc) is 2.52. The lowest BCUT2D eigenvalue weighted by molar-refractivity contribution is -0.0408. The molecule has 21 heavy (non-hydrogen) atoms. The lowest BCUT2D eigenvalue weighted by Crippen LogP contribution is -2.45. The van der Waals surface area contributed by atoms with Crippen molar-refractivity contribution in [3.05, 3.63) is 60.2 Å². The van der Waals surface area contributed by atoms with E-state index in [2.05, 4.69) is 67.4 Å². The molecule has 0 saturated carbocycles. The van der Waals surface area contributed by atoms with E-state index in [9.17, 15) is 5.11 Å². The molecule has 0 aromatic heterocycles. The molecular weight excluding hydrogens is 258 g/mol. The number of likely N-dealkylation sites (tertiary alicyclic amines) is 1. The van der Waals surface area contributed by atoms with Gasteiger partial charge < -0.3 is 10.0 Å². The van der Waals surface area contributed by atoms with Crippen LogP contribution in [0.3, 0.4) is 0 Å². The van der Waals surface area contributed by atoms with Gasteiger partial charge in [-0.25, -0.2) is 0 Å². The molecule has 2 unspecified atom stereocenters. The number of hydrogen-bond acceptors (Lipinski definition) is 2. The zero-order valence-corrected chi connectivity index (χ0v) is 12.8. The zero-order valence-electron chi connectivity index (χ0n) is 12.8. The Balaban J connectivity index is 1.84. The van der Waals surface area contributed by atoms with Gasteiger partial charge in [0.2, 0.25) is 0 Å². The van der Waals surface area contributed by atoms with Crippen molar-refractivity contribution in [1.29, 1.82) is 0 Å². The summed E-state index contributed by atoms with van der Waals surface area (Å²) in [5.41, 5.74) is 2.78. The first kappa shape index (κ1) is 14.3. The van der Waals surface area contributed by atoms with Crippen LogP contribution in [-0.2, 0) is 5.60 Å². The van der Waals surface area contributed by atoms with Crippen molar-refractivity contribution in [1.82, 2.24) is 4.90 Å². The molecule has 1 fully saturated rings. The molecule has 0 bridgehead atoms. The number of nitrogens with zero attached hydrogens (tertiary/aromatic N) is 1. The van der Waals surface area contributed by atoms with Gasteiger partial charge in [-0.15, -0.1) is 0 Å². The number of hydrogen-bond donors (Lipinski definition) is 1. The lowest BCUT2D eigenvalue weighted by atomic mass is 9.81. The molecule has 2 atom stereocenters. The summed E-state index contributed by atoms with van der Waals surface area (Å²) in [6.07, 6.45) is 1.60. The van der Waals surface area contributed by atoms with E-state index in [4.69, 9.17) is 0 Å². The summed E-state index contributed by atoms with van der Waals surface area (Å²) in [5.74, 6) is 0. The number of benzene rings is 2. The molecule has 2 aromatic rings. The van der Waals surface area contributed by atoms with E-state index in [1.54, 1.807) is 0 Å². The Hall–Kier alpha value is -1.64. The van der Waals surface area contributed by atoms with Crippen LogP contribution in [0.15, 0.2) is 54.6 Å². The smallest absolute Gasteiger partial charge is 0.0923 e. The van der Waals surface area contributed by atoms with Gasteiger partial charge in [-0.2, -0.15) is 0 Å². The second-order valence-electron chi connectivity index (χ2n) is 6.26. The maximum absolute atomic E-state index is 11.0. The van der Waals surface area contributed by atoms with Crippen LogP contribution in [0.1, 0.15) is 25.3 Å². The van der Waals surface area contributed by atoms with Gasteiger partial charge in [0.1, 0.15) is 0 Å². The molecule has 3 rings (SSSR count). The molecule has 1 heterocycles. The van der Waals surface area contributed by atoms with Crippen molar-refractivity contribution in [2.24, 2.45) is 0 Å². The van der Waals surface area contributed by atoms with E-state index >= 15 is 0 Å². The fourth-order valence-electron chi connectivity index (χ4n) is 3.19. The van der Waals surface area contributed by atoms with Gasteiger partial charge in [0.25, 0.3) is 0 Å². The monoisotopic (exact) mass is 281 g/mol. The maximum atomic E-state index is 11.0. The van der Waals surface area contributed by atoms with Crippen molar-refractivity contribution in [3.8, 4) is 11.1 Å². The Kier molecular flexibility index (Phi) is 3.83. The summed E-state index contributed by atoms with van der Waals surface area (Å²) >= 11 is 0. The Morgan fingerprint density at radius 3 is 2.24 bits per heavy atom. The molecule has 1 N–H and O–H groups in total. The van der Waals surface area contributed by atoms with E-state index in [1.165, 1.54) is 11.1 Å². The fraction of sp³-hybridized carbons (Fsp3) is 0.368. The van der Waals surface area contributed by atoms with Gasteiger partial charge in [0.15, 0.2) is 0 Å². The van der Waals surface area contributed by atoms with Crippen LogP contribution in [0.5, 0.6) is 0 Å². The van der Waals surface area contributed by atoms with Gasteiger partial charge in [-0.05, 0) is 43.5 Å². The second-order valence-corrected chi connectivity index (χ2v) is 6.26. The lowest BCUT2D eigenvalue weighted by Gasteiger charge is -2.41. The van der Waals surface area contributed by atoms with Crippen LogP contribution in [0.4, 0.5) is 0 Å². The molecule has 1 saturated heterocycles. The SMILES string of the molecule is CC1CC(O)(c2ccc(-c3ccccc3)cc2)CCN1C. The summed E-state index contributed by atoms with van der Waals surface area (Å²) in [6, 6.07) is 19.2. The third kappa shape index (κ3) is 2.87. The maximum Gasteiger partial charge on any atom is 0.0923 e. The molecular formula is C19H23NO. The Morgan fingerprint density at radius 2 is 1.62 bits per heavy atom. The molecule has 1 aliphatic rings. The van der Waals surface area contributed by atoms with Crippen molar-refractivity contribution >= 4 is 0 Å². The van der Waals surface area contributed by atoms with E-state index in [0.717, 1.165) is 24.9 Å². The summed E-state index contributed by atoms with van der Waals surface area (Å²) in [6.45, 7) is 3.13. The Morgan fingerprint density at radius 1 is 1.00 bits per heavy atom. The van der Waals surface area contributed by atoms with Crippen LogP contribution in [-0.4, -0.2) is 29.6 Å². The minimum atomic E-state index is -0.679. The van der Waals surface area contributed by atoms with Crippen LogP contribution in [0.2, 0.25) is 0 Å². The highest BCUT2D eigenvalue weighted by atomic mass is 16.3. The van der Waals surface area contributed by atoms with Gasteiger partial charge in [-0.1, -0.05) is 54.6 Å². The van der Waals surface area contributed by atoms with E-state index in [0.29, 0.717) is 6.04 Å². The first-order chi connectivity index (χ1) is 10.1. The summed E-state index contributed by atoms with van der Waals surface area (Å²) < 4.78 is 0. The highest BCUT2D eigenvalue weighted by molar-refractivity contribution is 5.63. The van der Waals surface area contributed by atoms with Gasteiger partial charge in [-0.3, -0.25) is 0 Å². The molecule has 1 aliphatic heterocycles. The molecule has 0 radical (unpaired) electrons. The molecule has 0 aliphatic carbocycles. The number of rotatable bonds is 2. The number of piperidine rings is 1. The van der Waals surface area contributed by atoms with Crippen LogP contribution in [0.25, 0.3) is 11.1 Å². The minimum Gasteiger partial charge on any atom is -0.385 e. The predicted molar refractivity (Wildman–Crippen MR) is 87.1 cm³/mol. The second kappa shape index (κ2) is 5.63. The first-order valence-electron chi connectivity index (χ1n) is 7.67. The highest BCUT2D eigenvalue weighted by Gasteiger charge is 2.36. The molecule has 2 nitrogen and oxygen atoms in total. The van der Waals surface area contributed by atoms with Crippen molar-refractivity contribution in [2.45, 2.75) is 31.4 Å². The molecule has 2 aromatic carbocycles. The van der Waals surface area contributed by atoms with Gasteiger partial charge in [0, 0.05) is 12.6 Å². The van der Waals surface area contributed by atoms with Crippen LogP contribution in [0, 0.1) is 0 Å². The Labute approximate surface area is 127 Å². The highest BCUT2D eigenvalue weighted by Crippen LogP contribution is 2.36. The minimum absolute atomic E-state index is 0.414. The third-order valence-electron chi connectivity index (χ3n) is 4.79. The summed E-state index contributed by atoms with van der Waals surface area (Å²) in [4.78, 5) is 2.31. The largest absolute Gasteiger partial charge is 0.385 e. The molecule has 0 spiro atoms. The topological polar surface area (TPSA) is 23.5 Å². The quantitative estimate of drug-likeness (QED) is 0.908. The standard InChI is InChI=1S/C19H23NO/c1-15-14-19(21,12-13-20(15)2)18-10-8-17(9-11-18)16-6-4-3-5-7-16/h3-11,15,21H,12-14H2,1-2H3. The van der Waals surface area contributed by atoms with Gasteiger partial charge >= 0.3 is 0 Å². The van der Waals surface area contributed by atoms with Crippen molar-refractivity contribution in [3.63, 3.8) is 0 Å².